The second-order valence-corrected chi connectivity index (χ2v) is 40.5. The molecule has 758 valence electrons. The number of nitrogens with zero attached hydrogens (tertiary/aromatic N) is 7. The summed E-state index contributed by atoms with van der Waals surface area (Å²) in [6.45, 7) is 64.4. The molecule has 6 fully saturated rings. The van der Waals surface area contributed by atoms with Crippen LogP contribution >= 0.6 is 11.6 Å². The van der Waals surface area contributed by atoms with Gasteiger partial charge in [-0.25, -0.2) is 28.8 Å². The number of piperidine rings is 4. The minimum Gasteiger partial charge on any atom is -0.469 e. The number of hydrogen-bond donors (Lipinski definition) is 0. The number of ketones is 6. The predicted octanol–water partition coefficient (Wildman–Crippen LogP) is 16.2. The second-order valence-electron chi connectivity index (χ2n) is 40.0. The maximum Gasteiger partial charge on any atom is 0.410 e. The zero-order chi connectivity index (χ0) is 104. The van der Waals surface area contributed by atoms with Crippen LogP contribution < -0.4 is 0 Å². The van der Waals surface area contributed by atoms with Crippen molar-refractivity contribution >= 4 is 113 Å². The highest BCUT2D eigenvalue weighted by Gasteiger charge is 2.56. The number of esters is 5. The lowest BCUT2D eigenvalue weighted by Gasteiger charge is -2.39. The summed E-state index contributed by atoms with van der Waals surface area (Å²) in [6, 6.07) is 2.10. The van der Waals surface area contributed by atoms with Gasteiger partial charge in [0, 0.05) is 147 Å². The van der Waals surface area contributed by atoms with Gasteiger partial charge in [0.05, 0.1) is 18.6 Å². The topological polar surface area (TPSA) is 435 Å². The Labute approximate surface area is 803 Å². The minimum absolute atomic E-state index is 0.00672. The number of amides is 6. The Balaban J connectivity index is 0.000000812. The maximum absolute atomic E-state index is 12.6. The molecule has 6 heterocycles. The van der Waals surface area contributed by atoms with Gasteiger partial charge >= 0.3 is 66.4 Å². The van der Waals surface area contributed by atoms with E-state index in [1.165, 1.54) is 57.9 Å². The minimum atomic E-state index is -1.62. The number of ether oxygens (including phenoxy) is 11. The Bertz CT molecular complexity index is 4280. The van der Waals surface area contributed by atoms with Crippen LogP contribution in [-0.4, -0.2) is 276 Å². The Kier molecular flexibility index (Phi) is 48.8. The van der Waals surface area contributed by atoms with Crippen molar-refractivity contribution in [2.75, 3.05) is 112 Å². The zero-order valence-electron chi connectivity index (χ0n) is 84.2. The maximum atomic E-state index is 12.6. The quantitative estimate of drug-likeness (QED) is 0.0354. The average molecular weight is 1920 g/mol. The van der Waals surface area contributed by atoms with E-state index in [0.29, 0.717) is 77.5 Å². The molecule has 6 aliphatic rings. The lowest BCUT2D eigenvalue weighted by Crippen LogP contribution is -2.56. The molecule has 35 nitrogen and oxygen atoms in total. The number of carbonyl (C=O) groups is 17. The first kappa shape index (κ1) is 122. The van der Waals surface area contributed by atoms with Gasteiger partial charge in [0.25, 0.3) is 0 Å². The first-order chi connectivity index (χ1) is 62.3. The van der Waals surface area contributed by atoms with Gasteiger partial charge in [-0.15, -0.1) is 13.2 Å². The molecular weight excluding hydrogens is 1770 g/mol. The third-order valence-corrected chi connectivity index (χ3v) is 21.9. The van der Waals surface area contributed by atoms with Gasteiger partial charge in [-0.05, 0) is 183 Å². The van der Waals surface area contributed by atoms with Crippen LogP contribution in [0, 0.1) is 43.8 Å². The standard InChI is InChI=1S/C18H27NO7.C17H24ClNO5.C17H26N2O3.C16H25NO5.C16H27NO3.C15H23NO5/c1-6-11-25-15(22)18(9-7-14(21)24-5)12-19(10-8-13(18)20)16(23)26-17(2,3)4;1-6-9-23-14(21)17(10-12(2)18)11-19(8-7-13(17)20)15(22)24-16(3,4)5;1-5-9-17(10-7-11-18)13-19(12-6-8-14(17)20)15(21)22-16(2,3)4;1-6-10-21-13(19)16(7-2)11-17(9-8-12(16)18)14(20)22-15(3,4)5;1-6-10-16(7-2)12-17(11-8-9-13(16)18)14(19)20-15(3,4)5;1-6-9-20-12(18)15(5)10-16(8-7-11(15)17)13(19)21-14(2,3)4/h6H,1,7-12H2,2-5H3;6H,1-2,7-11H2,3-5H3;5H,1,6-10,12-13H2,2-4H3;6H,1,7-11H2,2-5H3;6H,1,7-12H2,2-5H3;6H,1,7-10H2,2-5H3/t;;17-;;16-;/m..0.1./s1. The number of hydrogen-bond acceptors (Lipinski definition) is 29. The molecule has 0 saturated carbocycles. The van der Waals surface area contributed by atoms with E-state index in [9.17, 15) is 81.5 Å². The largest absolute Gasteiger partial charge is 0.469 e. The van der Waals surface area contributed by atoms with Gasteiger partial charge in [-0.3, -0.25) is 52.7 Å². The normalized spacial score (nSPS) is 22.1. The molecule has 6 saturated heterocycles. The van der Waals surface area contributed by atoms with Crippen LogP contribution in [0.3, 0.4) is 0 Å². The van der Waals surface area contributed by atoms with Crippen LogP contribution in [0.2, 0.25) is 0 Å². The van der Waals surface area contributed by atoms with Crippen molar-refractivity contribution in [3.63, 3.8) is 0 Å². The fourth-order valence-corrected chi connectivity index (χ4v) is 15.1. The molecule has 6 amide bonds. The van der Waals surface area contributed by atoms with E-state index in [1.54, 1.807) is 112 Å². The van der Waals surface area contributed by atoms with Crippen molar-refractivity contribution < 1.29 is 134 Å². The molecule has 0 aromatic carbocycles. The molecule has 36 heteroatoms. The highest BCUT2D eigenvalue weighted by Crippen LogP contribution is 2.41. The summed E-state index contributed by atoms with van der Waals surface area (Å²) in [7, 11) is 1.22. The lowest BCUT2D eigenvalue weighted by molar-refractivity contribution is -0.165. The predicted molar refractivity (Wildman–Crippen MR) is 505 cm³/mol. The molecule has 135 heavy (non-hydrogen) atoms. The van der Waals surface area contributed by atoms with Crippen LogP contribution in [-0.2, 0) is 105 Å². The smallest absolute Gasteiger partial charge is 0.410 e. The Morgan fingerprint density at radius 1 is 0.378 bits per heavy atom. The third kappa shape index (κ3) is 39.7. The number of Topliss-reactive ketones (excluding diaryl/α,β-unsaturated/α-hetero) is 6. The molecule has 0 aliphatic carbocycles. The highest BCUT2D eigenvalue weighted by molar-refractivity contribution is 6.29. The Morgan fingerprint density at radius 3 is 0.993 bits per heavy atom. The zero-order valence-corrected chi connectivity index (χ0v) is 84.9. The summed E-state index contributed by atoms with van der Waals surface area (Å²) in [5, 5.41) is 9.02. The fraction of sp³-hybridized carbons (Fsp3) is 0.677. The van der Waals surface area contributed by atoms with Crippen molar-refractivity contribution in [1.29, 1.82) is 5.26 Å². The van der Waals surface area contributed by atoms with Gasteiger partial charge in [0.2, 0.25) is 0 Å². The molecule has 6 atom stereocenters. The number of methoxy groups -OCH3 is 1. The summed E-state index contributed by atoms with van der Waals surface area (Å²) in [5.74, 6) is -4.05. The van der Waals surface area contributed by atoms with Gasteiger partial charge in [0.1, 0.15) is 93.3 Å². The van der Waals surface area contributed by atoms with E-state index in [-0.39, 0.29) is 176 Å². The lowest BCUT2D eigenvalue weighted by atomic mass is 9.75. The molecule has 0 aromatic heterocycles. The van der Waals surface area contributed by atoms with Crippen molar-refractivity contribution in [1.82, 2.24) is 29.4 Å². The van der Waals surface area contributed by atoms with E-state index in [2.05, 4.69) is 56.9 Å². The molecule has 0 aromatic rings. The Morgan fingerprint density at radius 2 is 0.667 bits per heavy atom. The molecule has 6 aliphatic heterocycles. The van der Waals surface area contributed by atoms with Crippen LogP contribution in [0.15, 0.2) is 87.5 Å². The van der Waals surface area contributed by atoms with Crippen LogP contribution in [0.25, 0.3) is 0 Å². The van der Waals surface area contributed by atoms with Gasteiger partial charge in [-0.1, -0.05) is 94.8 Å². The van der Waals surface area contributed by atoms with Crippen molar-refractivity contribution in [3.8, 4) is 6.07 Å². The van der Waals surface area contributed by atoms with E-state index in [1.807, 2.05) is 48.5 Å². The number of allylic oxidation sites excluding steroid dienone is 3. The fourth-order valence-electron chi connectivity index (χ4n) is 14.9. The molecule has 0 radical (unpaired) electrons. The van der Waals surface area contributed by atoms with Crippen LogP contribution in [0.1, 0.15) is 255 Å². The van der Waals surface area contributed by atoms with Crippen LogP contribution in [0.5, 0.6) is 0 Å². The molecule has 0 bridgehead atoms. The number of carbonyl (C=O) groups excluding carboxylic acids is 17. The van der Waals surface area contributed by atoms with E-state index < -0.39 is 126 Å². The molecule has 0 N–H and O–H groups in total. The van der Waals surface area contributed by atoms with E-state index in [4.69, 9.17) is 64.2 Å². The molecular formula is C99H152ClN7O28. The summed E-state index contributed by atoms with van der Waals surface area (Å²) in [6.07, 6.45) is 11.2. The van der Waals surface area contributed by atoms with Crippen LogP contribution in [0.4, 0.5) is 28.8 Å². The highest BCUT2D eigenvalue weighted by atomic mass is 35.5. The SMILES string of the molecule is C=CCOC(=O)C1(C)CN(C(=O)OC(C)(C)C)CCC1=O.C=CCOC(=O)C1(CC(=C)Cl)CN(C(=O)OC(C)(C)C)CCC1=O.C=CCOC(=O)C1(CC)CN(C(=O)OC(C)(C)C)CCC1=O.C=CCOC(=O)C1(CCC(=O)OC)CN(C(=O)OC(C)(C)C)CCC1=O.C=CC[C@]1(CC)CN(C(=O)OC(C)(C)C)CCCC1=O.C=CC[C@]1(CCC#N)CN(C(=O)OC(C)(C)C)CCCC1=O. The first-order valence-corrected chi connectivity index (χ1v) is 45.9. The molecule has 4 unspecified atom stereocenters. The van der Waals surface area contributed by atoms with Crippen molar-refractivity contribution in [2.45, 2.75) is 288 Å². The van der Waals surface area contributed by atoms with Gasteiger partial charge in [-0.2, -0.15) is 5.26 Å². The number of halogens is 1. The summed E-state index contributed by atoms with van der Waals surface area (Å²) in [4.78, 5) is 218. The van der Waals surface area contributed by atoms with Crippen molar-refractivity contribution in [3.05, 3.63) is 87.5 Å². The van der Waals surface area contributed by atoms with Gasteiger partial charge in [0.15, 0.2) is 23.1 Å². The molecule has 6 rings (SSSR count). The number of likely N-dealkylation sites (tertiary alicyclic amines) is 6. The average Bonchev–Trinajstić information content (AvgIpc) is 1.53. The number of rotatable bonds is 25. The summed E-state index contributed by atoms with van der Waals surface area (Å²) in [5.41, 5.74) is -10.8. The van der Waals surface area contributed by atoms with Gasteiger partial charge < -0.3 is 81.5 Å². The molecule has 0 spiro atoms. The first-order valence-electron chi connectivity index (χ1n) is 45.5. The van der Waals surface area contributed by atoms with Crippen molar-refractivity contribution in [2.24, 2.45) is 32.5 Å². The van der Waals surface area contributed by atoms with E-state index in [0.717, 1.165) is 6.42 Å². The van der Waals surface area contributed by atoms with E-state index >= 15 is 0 Å². The Hall–Kier alpha value is -11.1. The third-order valence-electron chi connectivity index (χ3n) is 21.8. The summed E-state index contributed by atoms with van der Waals surface area (Å²) >= 11 is 5.87. The monoisotopic (exact) mass is 1920 g/mol. The number of nitriles is 1. The second kappa shape index (κ2) is 54.0. The summed E-state index contributed by atoms with van der Waals surface area (Å²) < 4.78 is 56.9.